The summed E-state index contributed by atoms with van der Waals surface area (Å²) in [5, 5.41) is 4.91. The lowest BCUT2D eigenvalue weighted by Crippen LogP contribution is -2.38. The fourth-order valence-electron chi connectivity index (χ4n) is 2.38. The van der Waals surface area contributed by atoms with E-state index in [2.05, 4.69) is 10.6 Å². The number of methoxy groups -OCH3 is 1. The van der Waals surface area contributed by atoms with Gasteiger partial charge in [0.1, 0.15) is 23.1 Å². The fourth-order valence-corrected chi connectivity index (χ4v) is 2.38. The van der Waals surface area contributed by atoms with Crippen LogP contribution in [0, 0.1) is 11.6 Å². The van der Waals surface area contributed by atoms with E-state index in [1.165, 1.54) is 13.2 Å². The molecule has 0 aliphatic rings. The van der Waals surface area contributed by atoms with Crippen LogP contribution < -0.4 is 15.4 Å². The highest BCUT2D eigenvalue weighted by molar-refractivity contribution is 5.94. The molecule has 0 fully saturated rings. The van der Waals surface area contributed by atoms with Gasteiger partial charge in [0.25, 0.3) is 0 Å². The van der Waals surface area contributed by atoms with Gasteiger partial charge in [0.15, 0.2) is 0 Å². The maximum absolute atomic E-state index is 13.6. The second-order valence-corrected chi connectivity index (χ2v) is 5.73. The summed E-state index contributed by atoms with van der Waals surface area (Å²) in [7, 11) is 1.52. The fraction of sp³-hybridized carbons (Fsp3) is 0.263. The topological polar surface area (TPSA) is 70.7 Å². The van der Waals surface area contributed by atoms with Crippen molar-refractivity contribution in [1.82, 2.24) is 4.90 Å². The second kappa shape index (κ2) is 9.63. The van der Waals surface area contributed by atoms with Gasteiger partial charge in [0.05, 0.1) is 20.2 Å². The summed E-state index contributed by atoms with van der Waals surface area (Å²) < 4.78 is 32.3. The molecule has 0 saturated heterocycles. The van der Waals surface area contributed by atoms with E-state index >= 15 is 0 Å². The minimum absolute atomic E-state index is 0.0547. The van der Waals surface area contributed by atoms with Crippen LogP contribution in [-0.2, 0) is 9.59 Å². The van der Waals surface area contributed by atoms with Crippen LogP contribution in [0.4, 0.5) is 20.2 Å². The summed E-state index contributed by atoms with van der Waals surface area (Å²) in [6, 6.07) is 10.2. The van der Waals surface area contributed by atoms with Crippen LogP contribution in [0.1, 0.15) is 6.92 Å². The van der Waals surface area contributed by atoms with Crippen molar-refractivity contribution in [2.75, 3.05) is 37.4 Å². The van der Waals surface area contributed by atoms with Gasteiger partial charge in [0.2, 0.25) is 11.8 Å². The molecule has 27 heavy (non-hydrogen) atoms. The summed E-state index contributed by atoms with van der Waals surface area (Å²) in [5.41, 5.74) is 0.0627. The van der Waals surface area contributed by atoms with Gasteiger partial charge in [0, 0.05) is 11.8 Å². The van der Waals surface area contributed by atoms with Crippen LogP contribution in [0.5, 0.6) is 5.75 Å². The first-order valence-electron chi connectivity index (χ1n) is 8.33. The number of carbonyl (C=O) groups excluding carboxylic acids is 2. The predicted octanol–water partition coefficient (Wildman–Crippen LogP) is 2.87. The highest BCUT2D eigenvalue weighted by Gasteiger charge is 2.16. The van der Waals surface area contributed by atoms with E-state index in [4.69, 9.17) is 4.74 Å². The Bertz CT molecular complexity index is 794. The molecule has 2 N–H and O–H groups in total. The van der Waals surface area contributed by atoms with Gasteiger partial charge in [-0.05, 0) is 30.8 Å². The van der Waals surface area contributed by atoms with Crippen LogP contribution in [0.15, 0.2) is 42.5 Å². The number of nitrogens with one attached hydrogen (secondary N) is 2. The molecule has 8 heteroatoms. The molecule has 0 aliphatic heterocycles. The number of anilines is 2. The van der Waals surface area contributed by atoms with Crippen molar-refractivity contribution in [1.29, 1.82) is 0 Å². The smallest absolute Gasteiger partial charge is 0.238 e. The number of benzene rings is 2. The number of halogens is 2. The zero-order valence-corrected chi connectivity index (χ0v) is 15.1. The van der Waals surface area contributed by atoms with Gasteiger partial charge >= 0.3 is 0 Å². The molecule has 0 bridgehead atoms. The minimum Gasteiger partial charge on any atom is -0.497 e. The van der Waals surface area contributed by atoms with Crippen LogP contribution in [-0.4, -0.2) is 43.5 Å². The van der Waals surface area contributed by atoms with E-state index in [1.54, 1.807) is 36.1 Å². The van der Waals surface area contributed by atoms with Crippen molar-refractivity contribution in [2.24, 2.45) is 0 Å². The number of likely N-dealkylation sites (N-methyl/N-ethyl adjacent to an activating group) is 1. The quantitative estimate of drug-likeness (QED) is 0.742. The maximum Gasteiger partial charge on any atom is 0.238 e. The first-order chi connectivity index (χ1) is 12.9. The van der Waals surface area contributed by atoms with Gasteiger partial charge in [-0.2, -0.15) is 0 Å². The number of hydrogen-bond acceptors (Lipinski definition) is 4. The molecular weight excluding hydrogens is 356 g/mol. The average Bonchev–Trinajstić information content (AvgIpc) is 2.64. The van der Waals surface area contributed by atoms with Crippen LogP contribution in [0.3, 0.4) is 0 Å². The summed E-state index contributed by atoms with van der Waals surface area (Å²) >= 11 is 0. The predicted molar refractivity (Wildman–Crippen MR) is 98.7 cm³/mol. The van der Waals surface area contributed by atoms with Gasteiger partial charge in [-0.25, -0.2) is 8.78 Å². The second-order valence-electron chi connectivity index (χ2n) is 5.73. The first kappa shape index (κ1) is 20.3. The van der Waals surface area contributed by atoms with Gasteiger partial charge in [-0.15, -0.1) is 0 Å². The van der Waals surface area contributed by atoms with E-state index in [-0.39, 0.29) is 19.0 Å². The lowest BCUT2D eigenvalue weighted by atomic mass is 10.3. The Kier molecular flexibility index (Phi) is 7.25. The van der Waals surface area contributed by atoms with Crippen LogP contribution in [0.25, 0.3) is 0 Å². The summed E-state index contributed by atoms with van der Waals surface area (Å²) in [5.74, 6) is -2.05. The molecule has 2 rings (SSSR count). The Morgan fingerprint density at radius 2 is 1.59 bits per heavy atom. The first-order valence-corrected chi connectivity index (χ1v) is 8.33. The van der Waals surface area contributed by atoms with Gasteiger partial charge in [-0.3, -0.25) is 14.5 Å². The van der Waals surface area contributed by atoms with Crippen LogP contribution in [0.2, 0.25) is 0 Å². The Morgan fingerprint density at radius 1 is 1.00 bits per heavy atom. The van der Waals surface area contributed by atoms with E-state index in [0.29, 0.717) is 18.0 Å². The molecule has 0 radical (unpaired) electrons. The Morgan fingerprint density at radius 3 is 2.19 bits per heavy atom. The molecule has 0 spiro atoms. The molecule has 0 unspecified atom stereocenters. The monoisotopic (exact) mass is 377 g/mol. The molecule has 0 saturated carbocycles. The van der Waals surface area contributed by atoms with E-state index in [0.717, 1.165) is 12.1 Å². The number of para-hydroxylation sites is 1. The highest BCUT2D eigenvalue weighted by Crippen LogP contribution is 2.18. The summed E-state index contributed by atoms with van der Waals surface area (Å²) in [6.07, 6.45) is 0. The summed E-state index contributed by atoms with van der Waals surface area (Å²) in [6.45, 7) is 1.94. The zero-order chi connectivity index (χ0) is 19.8. The third-order valence-corrected chi connectivity index (χ3v) is 3.76. The van der Waals surface area contributed by atoms with Gasteiger partial charge in [-0.1, -0.05) is 19.1 Å². The molecule has 144 valence electrons. The minimum atomic E-state index is -0.859. The van der Waals surface area contributed by atoms with Crippen molar-refractivity contribution in [3.8, 4) is 5.75 Å². The number of hydrogen-bond donors (Lipinski definition) is 2. The van der Waals surface area contributed by atoms with E-state index < -0.39 is 23.2 Å². The lowest BCUT2D eigenvalue weighted by molar-refractivity contribution is -0.119. The molecule has 0 heterocycles. The van der Waals surface area contributed by atoms with E-state index in [1.807, 2.05) is 0 Å². The van der Waals surface area contributed by atoms with Crippen molar-refractivity contribution in [3.05, 3.63) is 54.1 Å². The molecule has 0 aliphatic carbocycles. The van der Waals surface area contributed by atoms with Crippen molar-refractivity contribution in [2.45, 2.75) is 6.92 Å². The number of carbonyl (C=O) groups is 2. The SMILES string of the molecule is CCN(CC(=O)Nc1cccc(OC)c1)CC(=O)Nc1c(F)cccc1F. The van der Waals surface area contributed by atoms with Crippen molar-refractivity contribution in [3.63, 3.8) is 0 Å². The van der Waals surface area contributed by atoms with Crippen molar-refractivity contribution < 1.29 is 23.1 Å². The maximum atomic E-state index is 13.6. The molecule has 2 aromatic rings. The number of amides is 2. The summed E-state index contributed by atoms with van der Waals surface area (Å²) in [4.78, 5) is 25.8. The average molecular weight is 377 g/mol. The molecule has 6 nitrogen and oxygen atoms in total. The molecule has 2 amide bonds. The Labute approximate surface area is 156 Å². The lowest BCUT2D eigenvalue weighted by Gasteiger charge is -2.19. The third-order valence-electron chi connectivity index (χ3n) is 3.76. The molecular formula is C19H21F2N3O3. The highest BCUT2D eigenvalue weighted by atomic mass is 19.1. The standard InChI is InChI=1S/C19H21F2N3O3/c1-3-24(11-17(25)22-13-6-4-7-14(10-13)27-2)12-18(26)23-19-15(20)8-5-9-16(19)21/h4-10H,3,11-12H2,1-2H3,(H,22,25)(H,23,26). The Hall–Kier alpha value is -3.00. The molecule has 0 aromatic heterocycles. The van der Waals surface area contributed by atoms with Crippen molar-refractivity contribution >= 4 is 23.2 Å². The third kappa shape index (κ3) is 6.03. The van der Waals surface area contributed by atoms with E-state index in [9.17, 15) is 18.4 Å². The normalized spacial score (nSPS) is 10.6. The van der Waals surface area contributed by atoms with Gasteiger partial charge < -0.3 is 15.4 Å². The zero-order valence-electron chi connectivity index (χ0n) is 15.1. The number of nitrogens with zero attached hydrogens (tertiary/aromatic N) is 1. The Balaban J connectivity index is 1.92. The molecule has 2 aromatic carbocycles. The number of ether oxygens (including phenoxy) is 1. The molecule has 0 atom stereocenters. The van der Waals surface area contributed by atoms with Crippen LogP contribution >= 0.6 is 0 Å². The largest absolute Gasteiger partial charge is 0.497 e. The number of rotatable bonds is 8.